The summed E-state index contributed by atoms with van der Waals surface area (Å²) in [5.41, 5.74) is 3.40. The first-order chi connectivity index (χ1) is 10.9. The molecule has 0 amide bonds. The van der Waals surface area contributed by atoms with Crippen molar-refractivity contribution in [3.8, 4) is 0 Å². The minimum Gasteiger partial charge on any atom is -0.0654 e. The average molecular weight is 301 g/mol. The van der Waals surface area contributed by atoms with Crippen LogP contribution in [0.25, 0.3) is 0 Å². The van der Waals surface area contributed by atoms with Gasteiger partial charge in [0.1, 0.15) is 0 Å². The molecule has 1 aliphatic rings. The molecule has 22 heavy (non-hydrogen) atoms. The molecule has 0 nitrogen and oxygen atoms in total. The smallest absolute Gasteiger partial charge is 0.0159 e. The van der Waals surface area contributed by atoms with Crippen LogP contribution >= 0.6 is 0 Å². The Morgan fingerprint density at radius 1 is 0.682 bits per heavy atom. The van der Waals surface area contributed by atoms with Crippen LogP contribution in [0.5, 0.6) is 0 Å². The van der Waals surface area contributed by atoms with Gasteiger partial charge in [-0.05, 0) is 48.6 Å². The first kappa shape index (κ1) is 17.6. The maximum absolute atomic E-state index is 2.43. The van der Waals surface area contributed by atoms with E-state index in [9.17, 15) is 0 Å². The molecule has 124 valence electrons. The second-order valence-electron chi connectivity index (χ2n) is 7.30. The summed E-state index contributed by atoms with van der Waals surface area (Å²) in [7, 11) is 0. The third-order valence-corrected chi connectivity index (χ3v) is 5.55. The van der Waals surface area contributed by atoms with Gasteiger partial charge < -0.3 is 0 Å². The van der Waals surface area contributed by atoms with E-state index in [0.29, 0.717) is 0 Å². The highest BCUT2D eigenvalue weighted by Gasteiger charge is 2.25. The molecule has 0 heterocycles. The van der Waals surface area contributed by atoms with Gasteiger partial charge in [0, 0.05) is 0 Å². The lowest BCUT2D eigenvalue weighted by atomic mass is 9.73. The van der Waals surface area contributed by atoms with Crippen LogP contribution in [0.4, 0.5) is 0 Å². The number of hydrogen-bond donors (Lipinski definition) is 0. The molecule has 1 aromatic rings. The topological polar surface area (TPSA) is 0 Å². The maximum Gasteiger partial charge on any atom is -0.0159 e. The number of hydrogen-bond acceptors (Lipinski definition) is 0. The SMILES string of the molecule is CCCCCCCC1CCC(CCCCC)c2ccccc21. The van der Waals surface area contributed by atoms with Crippen molar-refractivity contribution in [3.05, 3.63) is 35.4 Å². The summed E-state index contributed by atoms with van der Waals surface area (Å²) in [4.78, 5) is 0. The number of unbranched alkanes of at least 4 members (excludes halogenated alkanes) is 6. The van der Waals surface area contributed by atoms with Gasteiger partial charge in [-0.1, -0.05) is 89.5 Å². The van der Waals surface area contributed by atoms with Gasteiger partial charge in [-0.3, -0.25) is 0 Å². The Labute approximate surface area is 138 Å². The van der Waals surface area contributed by atoms with Crippen LogP contribution in [0.15, 0.2) is 24.3 Å². The van der Waals surface area contributed by atoms with Crippen molar-refractivity contribution in [3.63, 3.8) is 0 Å². The molecule has 0 bridgehead atoms. The van der Waals surface area contributed by atoms with Crippen molar-refractivity contribution < 1.29 is 0 Å². The zero-order valence-corrected chi connectivity index (χ0v) is 14.9. The molecule has 1 aliphatic carbocycles. The molecule has 0 radical (unpaired) electrons. The molecular weight excluding hydrogens is 264 g/mol. The highest BCUT2D eigenvalue weighted by Crippen LogP contribution is 2.43. The van der Waals surface area contributed by atoms with E-state index in [2.05, 4.69) is 38.1 Å². The van der Waals surface area contributed by atoms with Crippen LogP contribution in [0.2, 0.25) is 0 Å². The van der Waals surface area contributed by atoms with Gasteiger partial charge in [0.05, 0.1) is 0 Å². The van der Waals surface area contributed by atoms with E-state index in [-0.39, 0.29) is 0 Å². The van der Waals surface area contributed by atoms with Gasteiger partial charge in [0.15, 0.2) is 0 Å². The Kier molecular flexibility index (Phi) is 8.05. The lowest BCUT2D eigenvalue weighted by molar-refractivity contribution is 0.423. The van der Waals surface area contributed by atoms with Crippen molar-refractivity contribution in [1.82, 2.24) is 0 Å². The predicted octanol–water partition coefficient (Wildman–Crippen LogP) is 7.59. The van der Waals surface area contributed by atoms with Crippen LogP contribution < -0.4 is 0 Å². The Morgan fingerprint density at radius 2 is 1.14 bits per heavy atom. The van der Waals surface area contributed by atoms with Gasteiger partial charge in [0.2, 0.25) is 0 Å². The highest BCUT2D eigenvalue weighted by molar-refractivity contribution is 5.35. The van der Waals surface area contributed by atoms with Crippen LogP contribution in [0, 0.1) is 0 Å². The molecule has 0 fully saturated rings. The summed E-state index contributed by atoms with van der Waals surface area (Å²) in [6, 6.07) is 9.37. The molecule has 2 atom stereocenters. The van der Waals surface area contributed by atoms with Crippen molar-refractivity contribution in [2.45, 2.75) is 103 Å². The van der Waals surface area contributed by atoms with Crippen LogP contribution in [0.1, 0.15) is 114 Å². The van der Waals surface area contributed by atoms with Crippen molar-refractivity contribution >= 4 is 0 Å². The largest absolute Gasteiger partial charge is 0.0654 e. The van der Waals surface area contributed by atoms with E-state index in [1.165, 1.54) is 77.0 Å². The number of fused-ring (bicyclic) bond motifs is 1. The minimum atomic E-state index is 0.846. The summed E-state index contributed by atoms with van der Waals surface area (Å²) in [5.74, 6) is 1.69. The molecule has 0 aliphatic heterocycles. The fourth-order valence-electron chi connectivity index (χ4n) is 4.20. The van der Waals surface area contributed by atoms with E-state index < -0.39 is 0 Å². The van der Waals surface area contributed by atoms with Crippen molar-refractivity contribution in [2.75, 3.05) is 0 Å². The minimum absolute atomic E-state index is 0.846. The fourth-order valence-corrected chi connectivity index (χ4v) is 4.20. The van der Waals surface area contributed by atoms with Gasteiger partial charge in [0.25, 0.3) is 0 Å². The second kappa shape index (κ2) is 10.1. The molecule has 2 unspecified atom stereocenters. The molecule has 1 aromatic carbocycles. The van der Waals surface area contributed by atoms with E-state index in [1.807, 2.05) is 0 Å². The lowest BCUT2D eigenvalue weighted by Crippen LogP contribution is -2.14. The Morgan fingerprint density at radius 3 is 1.68 bits per heavy atom. The van der Waals surface area contributed by atoms with Gasteiger partial charge >= 0.3 is 0 Å². The van der Waals surface area contributed by atoms with E-state index in [0.717, 1.165) is 11.8 Å². The Hall–Kier alpha value is -0.780. The molecule has 0 aromatic heterocycles. The third-order valence-electron chi connectivity index (χ3n) is 5.55. The first-order valence-corrected chi connectivity index (χ1v) is 9.95. The van der Waals surface area contributed by atoms with Gasteiger partial charge in [-0.25, -0.2) is 0 Å². The predicted molar refractivity (Wildman–Crippen MR) is 98.7 cm³/mol. The van der Waals surface area contributed by atoms with Gasteiger partial charge in [-0.15, -0.1) is 0 Å². The van der Waals surface area contributed by atoms with Crippen molar-refractivity contribution in [1.29, 1.82) is 0 Å². The summed E-state index contributed by atoms with van der Waals surface area (Å²) in [6.07, 6.45) is 16.9. The summed E-state index contributed by atoms with van der Waals surface area (Å²) in [5, 5.41) is 0. The standard InChI is InChI=1S/C22H36/c1-3-5-7-8-10-14-20-18-17-19(13-9-6-4-2)21-15-11-12-16-22(20)21/h11-12,15-16,19-20H,3-10,13-14,17-18H2,1-2H3. The van der Waals surface area contributed by atoms with Crippen LogP contribution in [0.3, 0.4) is 0 Å². The average Bonchev–Trinajstić information content (AvgIpc) is 2.56. The zero-order valence-electron chi connectivity index (χ0n) is 14.9. The first-order valence-electron chi connectivity index (χ1n) is 9.95. The lowest BCUT2D eigenvalue weighted by Gasteiger charge is -2.32. The van der Waals surface area contributed by atoms with Crippen LogP contribution in [-0.2, 0) is 0 Å². The molecular formula is C22H36. The van der Waals surface area contributed by atoms with E-state index in [1.54, 1.807) is 11.1 Å². The molecule has 0 saturated carbocycles. The third kappa shape index (κ3) is 5.14. The Bertz CT molecular complexity index is 406. The Balaban J connectivity index is 1.89. The molecule has 0 heteroatoms. The molecule has 2 rings (SSSR count). The number of benzene rings is 1. The summed E-state index contributed by atoms with van der Waals surface area (Å²) < 4.78 is 0. The molecule has 0 saturated heterocycles. The van der Waals surface area contributed by atoms with E-state index >= 15 is 0 Å². The highest BCUT2D eigenvalue weighted by atomic mass is 14.3. The number of rotatable bonds is 10. The maximum atomic E-state index is 2.43. The quantitative estimate of drug-likeness (QED) is 0.390. The van der Waals surface area contributed by atoms with E-state index in [4.69, 9.17) is 0 Å². The van der Waals surface area contributed by atoms with Crippen molar-refractivity contribution in [2.24, 2.45) is 0 Å². The normalized spacial score (nSPS) is 20.8. The monoisotopic (exact) mass is 300 g/mol. The molecule has 0 spiro atoms. The molecule has 0 N–H and O–H groups in total. The summed E-state index contributed by atoms with van der Waals surface area (Å²) in [6.45, 7) is 4.61. The second-order valence-corrected chi connectivity index (χ2v) is 7.30. The summed E-state index contributed by atoms with van der Waals surface area (Å²) >= 11 is 0. The van der Waals surface area contributed by atoms with Gasteiger partial charge in [-0.2, -0.15) is 0 Å². The fraction of sp³-hybridized carbons (Fsp3) is 0.727. The zero-order chi connectivity index (χ0) is 15.6. The van der Waals surface area contributed by atoms with Crippen LogP contribution in [-0.4, -0.2) is 0 Å².